The van der Waals surface area contributed by atoms with E-state index >= 15 is 0 Å². The van der Waals surface area contributed by atoms with Crippen LogP contribution < -0.4 is 5.32 Å². The lowest BCUT2D eigenvalue weighted by Gasteiger charge is -2.10. The van der Waals surface area contributed by atoms with Gasteiger partial charge in [0.25, 0.3) is 5.91 Å². The summed E-state index contributed by atoms with van der Waals surface area (Å²) in [7, 11) is 0. The molecule has 0 aromatic heterocycles. The summed E-state index contributed by atoms with van der Waals surface area (Å²) in [4.78, 5) is 12.2. The van der Waals surface area contributed by atoms with Crippen LogP contribution in [0.15, 0.2) is 39.3 Å². The second-order valence-electron chi connectivity index (χ2n) is 4.16. The van der Waals surface area contributed by atoms with Crippen molar-refractivity contribution in [2.45, 2.75) is 6.92 Å². The molecular formula is C14H9Br2ClFNO. The van der Waals surface area contributed by atoms with Crippen molar-refractivity contribution >= 4 is 55.1 Å². The monoisotopic (exact) mass is 419 g/mol. The van der Waals surface area contributed by atoms with Crippen molar-refractivity contribution in [3.63, 3.8) is 0 Å². The Morgan fingerprint density at radius 1 is 1.25 bits per heavy atom. The first-order chi connectivity index (χ1) is 9.38. The van der Waals surface area contributed by atoms with Gasteiger partial charge in [-0.3, -0.25) is 4.79 Å². The highest BCUT2D eigenvalue weighted by Crippen LogP contribution is 2.26. The second kappa shape index (κ2) is 6.24. The average Bonchev–Trinajstić information content (AvgIpc) is 2.38. The Balaban J connectivity index is 2.32. The number of carbonyl (C=O) groups excluding carboxylic acids is 1. The summed E-state index contributed by atoms with van der Waals surface area (Å²) in [5, 5.41) is 3.07. The van der Waals surface area contributed by atoms with Crippen LogP contribution in [0, 0.1) is 12.7 Å². The van der Waals surface area contributed by atoms with Crippen LogP contribution in [0.1, 0.15) is 15.9 Å². The van der Waals surface area contributed by atoms with Crippen LogP contribution in [0.25, 0.3) is 0 Å². The summed E-state index contributed by atoms with van der Waals surface area (Å²) >= 11 is 12.4. The number of halogens is 4. The average molecular weight is 421 g/mol. The third-order valence-electron chi connectivity index (χ3n) is 2.69. The Bertz CT molecular complexity index is 691. The number of rotatable bonds is 2. The predicted octanol–water partition coefficient (Wildman–Crippen LogP) is 5.56. The molecule has 0 saturated carbocycles. The number of nitrogens with one attached hydrogen (secondary N) is 1. The molecule has 0 unspecified atom stereocenters. The smallest absolute Gasteiger partial charge is 0.257 e. The Kier molecular flexibility index (Phi) is 4.83. The maximum absolute atomic E-state index is 13.4. The van der Waals surface area contributed by atoms with E-state index in [1.165, 1.54) is 12.1 Å². The van der Waals surface area contributed by atoms with E-state index in [1.54, 1.807) is 25.1 Å². The molecule has 1 amide bonds. The van der Waals surface area contributed by atoms with Crippen LogP contribution in [-0.2, 0) is 0 Å². The highest BCUT2D eigenvalue weighted by Gasteiger charge is 2.13. The van der Waals surface area contributed by atoms with Crippen molar-refractivity contribution < 1.29 is 9.18 Å². The first-order valence-corrected chi connectivity index (χ1v) is 7.57. The summed E-state index contributed by atoms with van der Waals surface area (Å²) in [5.41, 5.74) is 1.50. The number of amides is 1. The van der Waals surface area contributed by atoms with Gasteiger partial charge in [-0.1, -0.05) is 27.5 Å². The molecule has 2 nitrogen and oxygen atoms in total. The Hall–Kier alpha value is -0.910. The highest BCUT2D eigenvalue weighted by atomic mass is 79.9. The fraction of sp³-hybridized carbons (Fsp3) is 0.0714. The van der Waals surface area contributed by atoms with Crippen molar-refractivity contribution in [2.24, 2.45) is 0 Å². The molecule has 104 valence electrons. The summed E-state index contributed by atoms with van der Waals surface area (Å²) in [6, 6.07) is 7.88. The summed E-state index contributed by atoms with van der Waals surface area (Å²) in [6.07, 6.45) is 0. The molecule has 0 fully saturated rings. The number of carbonyl (C=O) groups is 1. The van der Waals surface area contributed by atoms with E-state index in [0.29, 0.717) is 26.3 Å². The summed E-state index contributed by atoms with van der Waals surface area (Å²) in [5.74, 6) is -0.723. The van der Waals surface area contributed by atoms with Crippen molar-refractivity contribution in [3.05, 3.63) is 61.2 Å². The molecule has 2 aromatic rings. The molecule has 6 heteroatoms. The molecule has 2 aromatic carbocycles. The van der Waals surface area contributed by atoms with Gasteiger partial charge in [-0.2, -0.15) is 0 Å². The van der Waals surface area contributed by atoms with Gasteiger partial charge in [0.15, 0.2) is 0 Å². The minimum atomic E-state index is -0.374. The first kappa shape index (κ1) is 15.5. The quantitative estimate of drug-likeness (QED) is 0.675. The molecule has 0 atom stereocenters. The predicted molar refractivity (Wildman–Crippen MR) is 85.9 cm³/mol. The third-order valence-corrected chi connectivity index (χ3v) is 4.12. The Morgan fingerprint density at radius 2 is 1.95 bits per heavy atom. The van der Waals surface area contributed by atoms with Crippen LogP contribution >= 0.6 is 43.5 Å². The molecule has 0 heterocycles. The highest BCUT2D eigenvalue weighted by molar-refractivity contribution is 9.10. The van der Waals surface area contributed by atoms with E-state index in [9.17, 15) is 9.18 Å². The van der Waals surface area contributed by atoms with Crippen LogP contribution in [0.3, 0.4) is 0 Å². The van der Waals surface area contributed by atoms with Gasteiger partial charge >= 0.3 is 0 Å². The zero-order valence-electron chi connectivity index (χ0n) is 10.3. The first-order valence-electron chi connectivity index (χ1n) is 5.60. The van der Waals surface area contributed by atoms with Crippen molar-refractivity contribution in [1.82, 2.24) is 0 Å². The Labute approximate surface area is 137 Å². The lowest BCUT2D eigenvalue weighted by molar-refractivity contribution is 0.102. The number of anilines is 1. The van der Waals surface area contributed by atoms with Gasteiger partial charge in [0.1, 0.15) is 5.82 Å². The van der Waals surface area contributed by atoms with Gasteiger partial charge in [0.2, 0.25) is 0 Å². The molecule has 0 aliphatic heterocycles. The maximum atomic E-state index is 13.4. The van der Waals surface area contributed by atoms with Crippen LogP contribution in [0.2, 0.25) is 5.02 Å². The molecule has 0 spiro atoms. The van der Waals surface area contributed by atoms with Crippen LogP contribution in [0.4, 0.5) is 10.1 Å². The van der Waals surface area contributed by atoms with E-state index in [2.05, 4.69) is 37.2 Å². The maximum Gasteiger partial charge on any atom is 0.257 e. The third kappa shape index (κ3) is 3.40. The van der Waals surface area contributed by atoms with E-state index in [-0.39, 0.29) is 11.7 Å². The largest absolute Gasteiger partial charge is 0.322 e. The molecule has 1 N–H and O–H groups in total. The van der Waals surface area contributed by atoms with Crippen LogP contribution in [-0.4, -0.2) is 5.91 Å². The fourth-order valence-corrected chi connectivity index (χ4v) is 2.55. The summed E-state index contributed by atoms with van der Waals surface area (Å²) in [6.45, 7) is 1.72. The summed E-state index contributed by atoms with van der Waals surface area (Å²) < 4.78 is 14.4. The number of benzene rings is 2. The minimum absolute atomic E-state index is 0.290. The molecule has 0 aliphatic carbocycles. The van der Waals surface area contributed by atoms with Gasteiger partial charge < -0.3 is 5.32 Å². The molecule has 0 radical (unpaired) electrons. The van der Waals surface area contributed by atoms with Gasteiger partial charge in [0.05, 0.1) is 15.1 Å². The van der Waals surface area contributed by atoms with E-state index in [4.69, 9.17) is 11.6 Å². The molecule has 2 rings (SSSR count). The molecular weight excluding hydrogens is 412 g/mol. The van der Waals surface area contributed by atoms with Gasteiger partial charge in [0, 0.05) is 10.2 Å². The van der Waals surface area contributed by atoms with Gasteiger partial charge in [-0.05, 0) is 58.7 Å². The van der Waals surface area contributed by atoms with Gasteiger partial charge in [-0.15, -0.1) is 0 Å². The van der Waals surface area contributed by atoms with E-state index in [1.807, 2.05) is 0 Å². The topological polar surface area (TPSA) is 29.1 Å². The SMILES string of the molecule is Cc1cc(F)c(Br)cc1NC(=O)c1cc(Br)ccc1Cl. The van der Waals surface area contributed by atoms with Crippen molar-refractivity contribution in [2.75, 3.05) is 5.32 Å². The normalized spacial score (nSPS) is 10.4. The Morgan fingerprint density at radius 3 is 2.65 bits per heavy atom. The fourth-order valence-electron chi connectivity index (χ4n) is 1.64. The van der Waals surface area contributed by atoms with E-state index in [0.717, 1.165) is 4.47 Å². The van der Waals surface area contributed by atoms with Crippen molar-refractivity contribution in [3.8, 4) is 0 Å². The molecule has 0 saturated heterocycles. The number of hydrogen-bond acceptors (Lipinski definition) is 1. The standard InChI is InChI=1S/C14H9Br2ClFNO/c1-7-4-12(18)10(16)6-13(7)19-14(20)9-5-8(15)2-3-11(9)17/h2-6H,1H3,(H,19,20). The second-order valence-corrected chi connectivity index (χ2v) is 6.34. The lowest BCUT2D eigenvalue weighted by atomic mass is 10.1. The van der Waals surface area contributed by atoms with E-state index < -0.39 is 0 Å². The number of aryl methyl sites for hydroxylation is 1. The zero-order valence-corrected chi connectivity index (χ0v) is 14.2. The molecule has 20 heavy (non-hydrogen) atoms. The van der Waals surface area contributed by atoms with Gasteiger partial charge in [-0.25, -0.2) is 4.39 Å². The molecule has 0 bridgehead atoms. The molecule has 0 aliphatic rings. The lowest BCUT2D eigenvalue weighted by Crippen LogP contribution is -2.13. The minimum Gasteiger partial charge on any atom is -0.322 e. The van der Waals surface area contributed by atoms with Crippen LogP contribution in [0.5, 0.6) is 0 Å². The number of hydrogen-bond donors (Lipinski definition) is 1. The van der Waals surface area contributed by atoms with Crippen molar-refractivity contribution in [1.29, 1.82) is 0 Å². The zero-order chi connectivity index (χ0) is 14.9.